The lowest BCUT2D eigenvalue weighted by molar-refractivity contribution is 0.568. The summed E-state index contributed by atoms with van der Waals surface area (Å²) in [6.45, 7) is 0. The molecule has 9 aromatic rings. The van der Waals surface area contributed by atoms with E-state index in [1.54, 1.807) is 25.1 Å². The Labute approximate surface area is 251 Å². The largest absolute Gasteiger partial charge is 0.472 e. The van der Waals surface area contributed by atoms with Crippen LogP contribution in [0.1, 0.15) is 0 Å². The summed E-state index contributed by atoms with van der Waals surface area (Å²) in [5.74, 6) is 0.573. The molecule has 0 amide bonds. The first kappa shape index (κ1) is 24.5. The number of nitrogens with zero attached hydrogens (tertiary/aromatic N) is 3. The molecule has 0 saturated carbocycles. The number of benzene rings is 4. The van der Waals surface area contributed by atoms with Gasteiger partial charge in [-0.1, -0.05) is 36.4 Å². The van der Waals surface area contributed by atoms with Gasteiger partial charge in [0.25, 0.3) is 0 Å². The van der Waals surface area contributed by atoms with Gasteiger partial charge < -0.3 is 17.8 Å². The zero-order valence-corrected chi connectivity index (χ0v) is 23.3. The van der Waals surface area contributed by atoms with Crippen molar-refractivity contribution in [2.75, 3.05) is 0 Å². The average molecular weight is 570 g/mol. The van der Waals surface area contributed by atoms with Crippen LogP contribution in [0.3, 0.4) is 0 Å². The van der Waals surface area contributed by atoms with Gasteiger partial charge in [0.05, 0.1) is 41.8 Å². The monoisotopic (exact) mass is 569 g/mol. The molecule has 0 aliphatic heterocycles. The van der Waals surface area contributed by atoms with Gasteiger partial charge in [-0.25, -0.2) is 4.98 Å². The summed E-state index contributed by atoms with van der Waals surface area (Å²) < 4.78 is 19.3. The zero-order chi connectivity index (χ0) is 29.0. The molecule has 4 aromatic carbocycles. The normalized spacial score (nSPS) is 11.6. The first-order valence-electron chi connectivity index (χ1n) is 14.3. The maximum absolute atomic E-state index is 6.34. The van der Waals surface area contributed by atoms with Crippen LogP contribution in [-0.2, 0) is 0 Å². The van der Waals surface area contributed by atoms with Crippen LogP contribution in [0.5, 0.6) is 0 Å². The van der Waals surface area contributed by atoms with E-state index in [2.05, 4.69) is 70.2 Å². The number of furan rings is 2. The van der Waals surface area contributed by atoms with Crippen molar-refractivity contribution >= 4 is 32.9 Å². The van der Waals surface area contributed by atoms with Gasteiger partial charge in [-0.05, 0) is 83.9 Å². The van der Waals surface area contributed by atoms with Crippen molar-refractivity contribution in [1.29, 1.82) is 0 Å². The summed E-state index contributed by atoms with van der Waals surface area (Å²) in [6, 6.07) is 37.4. The molecule has 0 N–H and O–H groups in total. The van der Waals surface area contributed by atoms with Gasteiger partial charge in [0, 0.05) is 44.9 Å². The Kier molecular flexibility index (Phi) is 5.40. The zero-order valence-electron chi connectivity index (χ0n) is 23.3. The van der Waals surface area contributed by atoms with E-state index in [4.69, 9.17) is 18.2 Å². The summed E-state index contributed by atoms with van der Waals surface area (Å²) in [4.78, 5) is 9.44. The first-order chi connectivity index (χ1) is 21.8. The SMILES string of the molecule is c1ccc(-c2cccc(-n3c4ccc(-c5ccoc5)cc4c4ccc(-c5nc6ccc(-c7ccoc7)cc6o5)cc43)c2)nc1. The molecule has 0 unspecified atom stereocenters. The molecule has 0 aliphatic carbocycles. The smallest absolute Gasteiger partial charge is 0.227 e. The van der Waals surface area contributed by atoms with E-state index in [0.29, 0.717) is 5.89 Å². The highest BCUT2D eigenvalue weighted by atomic mass is 16.3. The molecule has 9 rings (SSSR count). The Hall–Kier alpha value is -6.14. The summed E-state index contributed by atoms with van der Waals surface area (Å²) >= 11 is 0. The van der Waals surface area contributed by atoms with Crippen LogP contribution in [0.2, 0.25) is 0 Å². The number of hydrogen-bond donors (Lipinski definition) is 0. The van der Waals surface area contributed by atoms with E-state index in [1.165, 1.54) is 0 Å². The molecule has 0 bridgehead atoms. The van der Waals surface area contributed by atoms with Crippen LogP contribution in [-0.4, -0.2) is 14.5 Å². The van der Waals surface area contributed by atoms with E-state index in [1.807, 2.05) is 54.7 Å². The molecule has 44 heavy (non-hydrogen) atoms. The second-order valence-electron chi connectivity index (χ2n) is 10.8. The van der Waals surface area contributed by atoms with Gasteiger partial charge in [0.2, 0.25) is 5.89 Å². The molecule has 0 fully saturated rings. The minimum atomic E-state index is 0.573. The number of oxazole rings is 1. The third kappa shape index (κ3) is 3.96. The van der Waals surface area contributed by atoms with Gasteiger partial charge in [0.1, 0.15) is 5.52 Å². The fourth-order valence-electron chi connectivity index (χ4n) is 6.03. The number of aromatic nitrogens is 3. The quantitative estimate of drug-likeness (QED) is 0.206. The number of rotatable bonds is 5. The van der Waals surface area contributed by atoms with Crippen molar-refractivity contribution in [2.24, 2.45) is 0 Å². The Morgan fingerprint density at radius 2 is 1.36 bits per heavy atom. The predicted molar refractivity (Wildman–Crippen MR) is 172 cm³/mol. The van der Waals surface area contributed by atoms with Crippen molar-refractivity contribution in [2.45, 2.75) is 0 Å². The highest BCUT2D eigenvalue weighted by Crippen LogP contribution is 2.38. The van der Waals surface area contributed by atoms with Crippen LogP contribution < -0.4 is 0 Å². The van der Waals surface area contributed by atoms with Crippen LogP contribution in [0.4, 0.5) is 0 Å². The van der Waals surface area contributed by atoms with E-state index in [0.717, 1.165) is 77.7 Å². The molecule has 5 heterocycles. The number of fused-ring (bicyclic) bond motifs is 4. The second kappa shape index (κ2) is 9.71. The van der Waals surface area contributed by atoms with Crippen molar-refractivity contribution in [1.82, 2.24) is 14.5 Å². The van der Waals surface area contributed by atoms with Gasteiger partial charge in [-0.2, -0.15) is 0 Å². The highest BCUT2D eigenvalue weighted by Gasteiger charge is 2.17. The summed E-state index contributed by atoms with van der Waals surface area (Å²) in [5.41, 5.74) is 11.8. The van der Waals surface area contributed by atoms with Crippen molar-refractivity contribution in [3.63, 3.8) is 0 Å². The molecule has 0 spiro atoms. The molecule has 5 aromatic heterocycles. The average Bonchev–Trinajstić information content (AvgIpc) is 3.90. The molecular weight excluding hydrogens is 546 g/mol. The predicted octanol–water partition coefficient (Wildman–Crippen LogP) is 10.2. The number of pyridine rings is 1. The van der Waals surface area contributed by atoms with E-state index >= 15 is 0 Å². The molecule has 6 nitrogen and oxygen atoms in total. The van der Waals surface area contributed by atoms with Crippen molar-refractivity contribution in [3.8, 4) is 50.7 Å². The lowest BCUT2D eigenvalue weighted by Crippen LogP contribution is -1.95. The molecule has 0 radical (unpaired) electrons. The minimum absolute atomic E-state index is 0.573. The van der Waals surface area contributed by atoms with Gasteiger partial charge in [-0.3, -0.25) is 4.98 Å². The van der Waals surface area contributed by atoms with E-state index < -0.39 is 0 Å². The van der Waals surface area contributed by atoms with Gasteiger partial charge in [0.15, 0.2) is 5.58 Å². The van der Waals surface area contributed by atoms with Gasteiger partial charge in [-0.15, -0.1) is 0 Å². The maximum atomic E-state index is 6.34. The van der Waals surface area contributed by atoms with Crippen LogP contribution in [0, 0.1) is 0 Å². The minimum Gasteiger partial charge on any atom is -0.472 e. The Bertz CT molecular complexity index is 2430. The summed E-state index contributed by atoms with van der Waals surface area (Å²) in [6.07, 6.45) is 8.71. The van der Waals surface area contributed by atoms with Crippen LogP contribution >= 0.6 is 0 Å². The number of hydrogen-bond acceptors (Lipinski definition) is 5. The lowest BCUT2D eigenvalue weighted by Gasteiger charge is -2.10. The lowest BCUT2D eigenvalue weighted by atomic mass is 10.0. The van der Waals surface area contributed by atoms with E-state index in [9.17, 15) is 0 Å². The highest BCUT2D eigenvalue weighted by molar-refractivity contribution is 6.11. The molecule has 0 aliphatic rings. The third-order valence-electron chi connectivity index (χ3n) is 8.18. The molecule has 0 atom stereocenters. The Balaban J connectivity index is 1.25. The van der Waals surface area contributed by atoms with Crippen molar-refractivity contribution < 1.29 is 13.3 Å². The van der Waals surface area contributed by atoms with E-state index in [-0.39, 0.29) is 0 Å². The summed E-state index contributed by atoms with van der Waals surface area (Å²) in [5, 5.41) is 2.28. The Morgan fingerprint density at radius 1 is 0.545 bits per heavy atom. The molecular formula is C38H23N3O3. The van der Waals surface area contributed by atoms with Crippen molar-refractivity contribution in [3.05, 3.63) is 140 Å². The van der Waals surface area contributed by atoms with Crippen LogP contribution in [0.25, 0.3) is 83.6 Å². The first-order valence-corrected chi connectivity index (χ1v) is 14.3. The topological polar surface area (TPSA) is 70.1 Å². The fourth-order valence-corrected chi connectivity index (χ4v) is 6.03. The molecule has 208 valence electrons. The second-order valence-corrected chi connectivity index (χ2v) is 10.8. The summed E-state index contributed by atoms with van der Waals surface area (Å²) in [7, 11) is 0. The standard InChI is InChI=1S/C38H23N3O3/c1-2-15-39-33(6-1)26-4-3-5-30(18-26)41-35-12-9-24(28-13-16-42-22-28)19-32(35)31-10-7-27(20-36(31)41)38-40-34-11-8-25(21-37(34)44-38)29-14-17-43-23-29/h1-23H. The Morgan fingerprint density at radius 3 is 2.16 bits per heavy atom. The fraction of sp³-hybridized carbons (Fsp3) is 0. The maximum Gasteiger partial charge on any atom is 0.227 e. The molecule has 0 saturated heterocycles. The molecule has 6 heteroatoms. The van der Waals surface area contributed by atoms with Crippen LogP contribution in [0.15, 0.2) is 154 Å². The third-order valence-corrected chi connectivity index (χ3v) is 8.18. The van der Waals surface area contributed by atoms with Gasteiger partial charge >= 0.3 is 0 Å².